The smallest absolute Gasteiger partial charge is 0.330 e. The van der Waals surface area contributed by atoms with Crippen LogP contribution in [-0.2, 0) is 16.6 Å². The number of hydrogen-bond acceptors (Lipinski definition) is 6. The molecule has 3 N–H and O–H groups in total. The van der Waals surface area contributed by atoms with Crippen LogP contribution in [0.25, 0.3) is 0 Å². The topological polar surface area (TPSA) is 139 Å². The average molecular weight is 492 g/mol. The first-order valence-electron chi connectivity index (χ1n) is 11.6. The maximum absolute atomic E-state index is 13.1. The number of anilines is 2. The minimum Gasteiger partial charge on any atom is -0.383 e. The van der Waals surface area contributed by atoms with Crippen molar-refractivity contribution in [1.82, 2.24) is 13.9 Å². The average Bonchev–Trinajstić information content (AvgIpc) is 2.83. The van der Waals surface area contributed by atoms with Gasteiger partial charge < -0.3 is 10.6 Å². The summed E-state index contributed by atoms with van der Waals surface area (Å²) in [6, 6.07) is 5.59. The Morgan fingerprint density at radius 1 is 1.12 bits per heavy atom. The summed E-state index contributed by atoms with van der Waals surface area (Å²) in [6.07, 6.45) is 6.33. The van der Waals surface area contributed by atoms with Crippen molar-refractivity contribution < 1.29 is 13.2 Å². The lowest BCUT2D eigenvalue weighted by Crippen LogP contribution is -2.39. The third-order valence-corrected chi connectivity index (χ3v) is 8.38. The van der Waals surface area contributed by atoms with Crippen LogP contribution >= 0.6 is 0 Å². The molecule has 2 aromatic rings. The van der Waals surface area contributed by atoms with Crippen molar-refractivity contribution in [2.24, 2.45) is 0 Å². The second-order valence-electron chi connectivity index (χ2n) is 8.70. The first kappa shape index (κ1) is 25.7. The Balaban J connectivity index is 1.86. The summed E-state index contributed by atoms with van der Waals surface area (Å²) in [6.45, 7) is 2.27. The Morgan fingerprint density at radius 3 is 2.32 bits per heavy atom. The summed E-state index contributed by atoms with van der Waals surface area (Å²) in [4.78, 5) is 41.1. The number of carbonyl (C=O) groups excluding carboxylic acids is 1. The Labute approximate surface area is 199 Å². The van der Waals surface area contributed by atoms with E-state index in [9.17, 15) is 22.8 Å². The number of nitrogens with two attached hydrogens (primary N) is 1. The number of nitrogens with one attached hydrogen (secondary N) is 1. The first-order chi connectivity index (χ1) is 16.1. The van der Waals surface area contributed by atoms with E-state index in [1.807, 2.05) is 6.92 Å². The van der Waals surface area contributed by atoms with Crippen molar-refractivity contribution in [2.75, 3.05) is 24.7 Å². The molecule has 0 unspecified atom stereocenters. The molecule has 0 bridgehead atoms. The zero-order chi connectivity index (χ0) is 25.0. The van der Waals surface area contributed by atoms with Crippen molar-refractivity contribution in [3.05, 3.63) is 50.7 Å². The summed E-state index contributed by atoms with van der Waals surface area (Å²) in [5.41, 5.74) is 4.76. The molecule has 1 amide bonds. The highest BCUT2D eigenvalue weighted by Crippen LogP contribution is 2.27. The number of nitrogens with zero attached hydrogens (tertiary/aromatic N) is 3. The first-order valence-corrected chi connectivity index (χ1v) is 13.0. The highest BCUT2D eigenvalue weighted by molar-refractivity contribution is 7.89. The van der Waals surface area contributed by atoms with Crippen molar-refractivity contribution in [3.63, 3.8) is 0 Å². The van der Waals surface area contributed by atoms with Crippen LogP contribution in [0.1, 0.15) is 62.2 Å². The van der Waals surface area contributed by atoms with Gasteiger partial charge in [0.25, 0.3) is 11.5 Å². The highest BCUT2D eigenvalue weighted by atomic mass is 32.2. The van der Waals surface area contributed by atoms with E-state index in [0.29, 0.717) is 13.0 Å². The van der Waals surface area contributed by atoms with Crippen molar-refractivity contribution in [2.45, 2.75) is 69.4 Å². The molecule has 1 aromatic carbocycles. The van der Waals surface area contributed by atoms with Gasteiger partial charge in [0.1, 0.15) is 5.82 Å². The molecule has 1 heterocycles. The van der Waals surface area contributed by atoms with Gasteiger partial charge in [0.2, 0.25) is 10.0 Å². The second kappa shape index (κ2) is 10.6. The summed E-state index contributed by atoms with van der Waals surface area (Å²) in [5.74, 6) is -0.645. The third-order valence-electron chi connectivity index (χ3n) is 6.46. The van der Waals surface area contributed by atoms with E-state index in [0.717, 1.165) is 43.4 Å². The SMILES string of the molecule is CCCCn1c(N)c(N(C)C(=O)c2ccc(S(=O)(=O)N(C)C3CCCCC3)cc2)c(=O)[nH]c1=O. The van der Waals surface area contributed by atoms with Gasteiger partial charge in [0.15, 0.2) is 5.69 Å². The quantitative estimate of drug-likeness (QED) is 0.580. The zero-order valence-electron chi connectivity index (χ0n) is 19.9. The van der Waals surface area contributed by atoms with Crippen LogP contribution in [-0.4, -0.2) is 48.3 Å². The molecule has 34 heavy (non-hydrogen) atoms. The molecule has 0 aliphatic heterocycles. The standard InChI is InChI=1S/C23H33N5O5S/c1-4-5-15-28-20(24)19(21(29)25-23(28)31)26(2)22(30)16-11-13-18(14-12-16)34(32,33)27(3)17-9-7-6-8-10-17/h11-14,17H,4-10,15,24H2,1-3H3,(H,25,29,31). The fourth-order valence-electron chi connectivity index (χ4n) is 4.31. The summed E-state index contributed by atoms with van der Waals surface area (Å²) < 4.78 is 28.8. The van der Waals surface area contributed by atoms with Gasteiger partial charge in [-0.25, -0.2) is 13.2 Å². The largest absolute Gasteiger partial charge is 0.383 e. The molecule has 1 aliphatic carbocycles. The molecule has 11 heteroatoms. The van der Waals surface area contributed by atoms with Crippen LogP contribution in [0.4, 0.5) is 11.5 Å². The normalized spacial score (nSPS) is 14.9. The number of nitrogen functional groups attached to an aromatic ring is 1. The van der Waals surface area contributed by atoms with E-state index in [2.05, 4.69) is 4.98 Å². The Bertz CT molecular complexity index is 1240. The summed E-state index contributed by atoms with van der Waals surface area (Å²) in [5, 5.41) is 0. The predicted molar refractivity (Wildman–Crippen MR) is 132 cm³/mol. The number of benzene rings is 1. The van der Waals surface area contributed by atoms with Gasteiger partial charge in [0.05, 0.1) is 4.90 Å². The van der Waals surface area contributed by atoms with Crippen LogP contribution in [0.3, 0.4) is 0 Å². The molecule has 1 aliphatic rings. The molecule has 10 nitrogen and oxygen atoms in total. The van der Waals surface area contributed by atoms with Crippen molar-refractivity contribution in [3.8, 4) is 0 Å². The fourth-order valence-corrected chi connectivity index (χ4v) is 5.73. The number of aromatic nitrogens is 2. The van der Waals surface area contributed by atoms with E-state index in [-0.39, 0.29) is 28.0 Å². The number of aromatic amines is 1. The van der Waals surface area contributed by atoms with E-state index in [1.165, 1.54) is 40.2 Å². The molecular formula is C23H33N5O5S. The molecule has 1 saturated carbocycles. The minimum absolute atomic E-state index is 0.0238. The van der Waals surface area contributed by atoms with Crippen molar-refractivity contribution >= 4 is 27.4 Å². The van der Waals surface area contributed by atoms with Gasteiger partial charge in [-0.05, 0) is 43.5 Å². The number of H-pyrrole nitrogens is 1. The summed E-state index contributed by atoms with van der Waals surface area (Å²) >= 11 is 0. The van der Waals surface area contributed by atoms with Crippen LogP contribution in [0.15, 0.2) is 38.8 Å². The van der Waals surface area contributed by atoms with Gasteiger partial charge in [-0.15, -0.1) is 0 Å². The Kier molecular flexibility index (Phi) is 7.98. The lowest BCUT2D eigenvalue weighted by atomic mass is 9.96. The molecule has 1 aromatic heterocycles. The highest BCUT2D eigenvalue weighted by Gasteiger charge is 2.29. The Hall–Kier alpha value is -2.92. The molecule has 3 rings (SSSR count). The lowest BCUT2D eigenvalue weighted by molar-refractivity contribution is 0.0992. The van der Waals surface area contributed by atoms with Gasteiger partial charge in [-0.1, -0.05) is 32.6 Å². The monoisotopic (exact) mass is 491 g/mol. The lowest BCUT2D eigenvalue weighted by Gasteiger charge is -2.30. The minimum atomic E-state index is -3.69. The van der Waals surface area contributed by atoms with E-state index in [4.69, 9.17) is 5.73 Å². The molecule has 0 radical (unpaired) electrons. The van der Waals surface area contributed by atoms with Gasteiger partial charge in [-0.2, -0.15) is 4.31 Å². The van der Waals surface area contributed by atoms with Gasteiger partial charge in [-0.3, -0.25) is 19.1 Å². The number of unbranched alkanes of at least 4 members (excludes halogenated alkanes) is 1. The number of hydrogen-bond donors (Lipinski definition) is 2. The number of sulfonamides is 1. The maximum atomic E-state index is 13.1. The number of carbonyl (C=O) groups is 1. The summed E-state index contributed by atoms with van der Waals surface area (Å²) in [7, 11) is -0.705. The molecule has 0 saturated heterocycles. The second-order valence-corrected chi connectivity index (χ2v) is 10.7. The molecule has 186 valence electrons. The van der Waals surface area contributed by atoms with Gasteiger partial charge >= 0.3 is 5.69 Å². The van der Waals surface area contributed by atoms with Crippen molar-refractivity contribution in [1.29, 1.82) is 0 Å². The van der Waals surface area contributed by atoms with Crippen LogP contribution in [0.5, 0.6) is 0 Å². The fraction of sp³-hybridized carbons (Fsp3) is 0.522. The van der Waals surface area contributed by atoms with Crippen LogP contribution in [0.2, 0.25) is 0 Å². The number of rotatable bonds is 8. The van der Waals surface area contributed by atoms with E-state index >= 15 is 0 Å². The molecule has 0 spiro atoms. The molecule has 0 atom stereocenters. The van der Waals surface area contributed by atoms with E-state index in [1.54, 1.807) is 7.05 Å². The predicted octanol–water partition coefficient (Wildman–Crippen LogP) is 2.15. The van der Waals surface area contributed by atoms with Crippen LogP contribution < -0.4 is 21.9 Å². The number of amides is 1. The van der Waals surface area contributed by atoms with E-state index < -0.39 is 27.2 Å². The Morgan fingerprint density at radius 2 is 1.74 bits per heavy atom. The van der Waals surface area contributed by atoms with Crippen LogP contribution in [0, 0.1) is 0 Å². The third kappa shape index (κ3) is 5.10. The van der Waals surface area contributed by atoms with Gasteiger partial charge in [0, 0.05) is 32.2 Å². The maximum Gasteiger partial charge on any atom is 0.330 e. The molecule has 1 fully saturated rings. The molecular weight excluding hydrogens is 458 g/mol. The zero-order valence-corrected chi connectivity index (χ0v) is 20.7.